The van der Waals surface area contributed by atoms with Crippen molar-refractivity contribution in [3.63, 3.8) is 0 Å². The Hall–Kier alpha value is -2.87. The van der Waals surface area contributed by atoms with Gasteiger partial charge in [-0.3, -0.25) is 9.59 Å². The number of amides is 2. The lowest BCUT2D eigenvalue weighted by Gasteiger charge is -2.10. The van der Waals surface area contributed by atoms with Gasteiger partial charge in [0.05, 0.1) is 10.7 Å². The lowest BCUT2D eigenvalue weighted by atomic mass is 10.1. The van der Waals surface area contributed by atoms with Crippen LogP contribution in [0.5, 0.6) is 5.75 Å². The van der Waals surface area contributed by atoms with E-state index in [4.69, 9.17) is 4.74 Å². The van der Waals surface area contributed by atoms with Gasteiger partial charge in [0.1, 0.15) is 5.75 Å². The maximum absolute atomic E-state index is 12.4. The Morgan fingerprint density at radius 3 is 2.04 bits per heavy atom. The second-order valence-corrected chi connectivity index (χ2v) is 7.31. The third-order valence-electron chi connectivity index (χ3n) is 4.20. The number of carbonyl (C=O) groups is 2. The first-order valence-electron chi connectivity index (χ1n) is 8.60. The monoisotopic (exact) mass is 486 g/mol. The SMILES string of the molecule is COc1ccc(C(=O)Nc2ccc(NC(=O)c3ccccc3C)cc2)cc1I. The molecular weight excluding hydrogens is 467 g/mol. The minimum Gasteiger partial charge on any atom is -0.496 e. The van der Waals surface area contributed by atoms with Crippen molar-refractivity contribution in [1.29, 1.82) is 0 Å². The fraction of sp³-hybridized carbons (Fsp3) is 0.0909. The van der Waals surface area contributed by atoms with Gasteiger partial charge in [-0.05, 0) is 83.6 Å². The molecule has 3 aromatic carbocycles. The highest BCUT2D eigenvalue weighted by Gasteiger charge is 2.11. The zero-order valence-corrected chi connectivity index (χ0v) is 17.6. The zero-order valence-electron chi connectivity index (χ0n) is 15.5. The Bertz CT molecular complexity index is 1020. The van der Waals surface area contributed by atoms with Gasteiger partial charge >= 0.3 is 0 Å². The van der Waals surface area contributed by atoms with Gasteiger partial charge in [0.2, 0.25) is 0 Å². The summed E-state index contributed by atoms with van der Waals surface area (Å²) in [5.74, 6) is 0.353. The second-order valence-electron chi connectivity index (χ2n) is 6.15. The summed E-state index contributed by atoms with van der Waals surface area (Å²) in [7, 11) is 1.59. The van der Waals surface area contributed by atoms with Crippen molar-refractivity contribution >= 4 is 45.8 Å². The topological polar surface area (TPSA) is 67.4 Å². The molecule has 2 N–H and O–H groups in total. The van der Waals surface area contributed by atoms with Crippen LogP contribution in [0, 0.1) is 10.5 Å². The number of rotatable bonds is 5. The molecule has 0 aliphatic carbocycles. The predicted molar refractivity (Wildman–Crippen MR) is 119 cm³/mol. The maximum Gasteiger partial charge on any atom is 0.255 e. The summed E-state index contributed by atoms with van der Waals surface area (Å²) < 4.78 is 6.07. The van der Waals surface area contributed by atoms with Crippen LogP contribution in [0.15, 0.2) is 66.7 Å². The van der Waals surface area contributed by atoms with Gasteiger partial charge in [-0.1, -0.05) is 18.2 Å². The van der Waals surface area contributed by atoms with Crippen molar-refractivity contribution in [3.05, 3.63) is 87.0 Å². The van der Waals surface area contributed by atoms with Gasteiger partial charge < -0.3 is 15.4 Å². The average Bonchev–Trinajstić information content (AvgIpc) is 2.69. The van der Waals surface area contributed by atoms with Crippen molar-refractivity contribution in [2.24, 2.45) is 0 Å². The van der Waals surface area contributed by atoms with E-state index in [2.05, 4.69) is 33.2 Å². The summed E-state index contributed by atoms with van der Waals surface area (Å²) >= 11 is 2.13. The summed E-state index contributed by atoms with van der Waals surface area (Å²) in [4.78, 5) is 24.8. The first-order valence-corrected chi connectivity index (χ1v) is 9.68. The quantitative estimate of drug-likeness (QED) is 0.493. The number of ether oxygens (including phenoxy) is 1. The molecule has 3 aromatic rings. The molecule has 0 atom stereocenters. The highest BCUT2D eigenvalue weighted by atomic mass is 127. The molecular formula is C22H19IN2O3. The van der Waals surface area contributed by atoms with E-state index in [9.17, 15) is 9.59 Å². The molecule has 0 saturated carbocycles. The molecule has 0 heterocycles. The Morgan fingerprint density at radius 1 is 0.857 bits per heavy atom. The average molecular weight is 486 g/mol. The Labute approximate surface area is 177 Å². The minimum atomic E-state index is -0.211. The van der Waals surface area contributed by atoms with Crippen LogP contribution in [0.25, 0.3) is 0 Å². The number of anilines is 2. The van der Waals surface area contributed by atoms with Crippen LogP contribution >= 0.6 is 22.6 Å². The largest absolute Gasteiger partial charge is 0.496 e. The smallest absolute Gasteiger partial charge is 0.255 e. The lowest BCUT2D eigenvalue weighted by Crippen LogP contribution is -2.14. The van der Waals surface area contributed by atoms with E-state index in [1.807, 2.05) is 25.1 Å². The van der Waals surface area contributed by atoms with E-state index >= 15 is 0 Å². The van der Waals surface area contributed by atoms with Crippen molar-refractivity contribution < 1.29 is 14.3 Å². The van der Waals surface area contributed by atoms with Crippen LogP contribution in [0.3, 0.4) is 0 Å². The van der Waals surface area contributed by atoms with Crippen molar-refractivity contribution in [1.82, 2.24) is 0 Å². The molecule has 0 aliphatic rings. The first-order chi connectivity index (χ1) is 13.5. The molecule has 0 radical (unpaired) electrons. The summed E-state index contributed by atoms with van der Waals surface area (Å²) in [6.07, 6.45) is 0. The molecule has 0 bridgehead atoms. The molecule has 142 valence electrons. The van der Waals surface area contributed by atoms with Crippen LogP contribution < -0.4 is 15.4 Å². The number of hydrogen-bond acceptors (Lipinski definition) is 3. The van der Waals surface area contributed by atoms with Crippen LogP contribution in [-0.2, 0) is 0 Å². The van der Waals surface area contributed by atoms with Gasteiger partial charge in [-0.2, -0.15) is 0 Å². The Kier molecular flexibility index (Phi) is 6.30. The van der Waals surface area contributed by atoms with E-state index in [1.165, 1.54) is 0 Å². The van der Waals surface area contributed by atoms with Crippen LogP contribution in [0.1, 0.15) is 26.3 Å². The van der Waals surface area contributed by atoms with Crippen LogP contribution in [0.2, 0.25) is 0 Å². The first kappa shape index (κ1) is 19.9. The maximum atomic E-state index is 12.4. The molecule has 5 nitrogen and oxygen atoms in total. The molecule has 6 heteroatoms. The van der Waals surface area contributed by atoms with Gasteiger partial charge in [-0.15, -0.1) is 0 Å². The van der Waals surface area contributed by atoms with Gasteiger partial charge in [0.15, 0.2) is 0 Å². The van der Waals surface area contributed by atoms with E-state index in [-0.39, 0.29) is 11.8 Å². The molecule has 0 aromatic heterocycles. The fourth-order valence-electron chi connectivity index (χ4n) is 2.67. The number of hydrogen-bond donors (Lipinski definition) is 2. The number of methoxy groups -OCH3 is 1. The fourth-order valence-corrected chi connectivity index (χ4v) is 3.41. The van der Waals surface area contributed by atoms with Crippen molar-refractivity contribution in [3.8, 4) is 5.75 Å². The third-order valence-corrected chi connectivity index (χ3v) is 5.05. The third kappa shape index (κ3) is 4.69. The summed E-state index contributed by atoms with van der Waals surface area (Å²) in [5.41, 5.74) is 3.39. The van der Waals surface area contributed by atoms with E-state index in [1.54, 1.807) is 55.6 Å². The zero-order chi connectivity index (χ0) is 20.1. The minimum absolute atomic E-state index is 0.164. The second kappa shape index (κ2) is 8.88. The Morgan fingerprint density at radius 2 is 1.46 bits per heavy atom. The van der Waals surface area contributed by atoms with E-state index < -0.39 is 0 Å². The number of nitrogens with one attached hydrogen (secondary N) is 2. The van der Waals surface area contributed by atoms with Crippen molar-refractivity contribution in [2.75, 3.05) is 17.7 Å². The van der Waals surface area contributed by atoms with Gasteiger partial charge in [0, 0.05) is 22.5 Å². The highest BCUT2D eigenvalue weighted by molar-refractivity contribution is 14.1. The number of halogens is 1. The van der Waals surface area contributed by atoms with Crippen molar-refractivity contribution in [2.45, 2.75) is 6.92 Å². The normalized spacial score (nSPS) is 10.2. The molecule has 0 spiro atoms. The molecule has 28 heavy (non-hydrogen) atoms. The molecule has 0 unspecified atom stereocenters. The molecule has 3 rings (SSSR count). The number of benzene rings is 3. The van der Waals surface area contributed by atoms with Gasteiger partial charge in [0.25, 0.3) is 11.8 Å². The summed E-state index contributed by atoms with van der Waals surface area (Å²) in [6, 6.07) is 19.7. The van der Waals surface area contributed by atoms with Crippen LogP contribution in [0.4, 0.5) is 11.4 Å². The number of aryl methyl sites for hydroxylation is 1. The summed E-state index contributed by atoms with van der Waals surface area (Å²) in [6.45, 7) is 1.90. The van der Waals surface area contributed by atoms with Crippen LogP contribution in [-0.4, -0.2) is 18.9 Å². The van der Waals surface area contributed by atoms with E-state index in [0.29, 0.717) is 22.5 Å². The molecule has 0 fully saturated rings. The number of carbonyl (C=O) groups excluding carboxylic acids is 2. The Balaban J connectivity index is 1.66. The predicted octanol–water partition coefficient (Wildman–Crippen LogP) is 5.11. The highest BCUT2D eigenvalue weighted by Crippen LogP contribution is 2.22. The lowest BCUT2D eigenvalue weighted by molar-refractivity contribution is 0.101. The van der Waals surface area contributed by atoms with Gasteiger partial charge in [-0.25, -0.2) is 0 Å². The molecule has 0 aliphatic heterocycles. The standard InChI is InChI=1S/C22H19IN2O3/c1-14-5-3-4-6-18(14)22(27)25-17-10-8-16(9-11-17)24-21(26)15-7-12-20(28-2)19(23)13-15/h3-13H,1-2H3,(H,24,26)(H,25,27). The summed E-state index contributed by atoms with van der Waals surface area (Å²) in [5, 5.41) is 5.71. The van der Waals surface area contributed by atoms with E-state index in [0.717, 1.165) is 14.9 Å². The molecule has 0 saturated heterocycles. The molecule has 2 amide bonds.